The Labute approximate surface area is 159 Å². The Bertz CT molecular complexity index is 1230. The summed E-state index contributed by atoms with van der Waals surface area (Å²) in [5, 5.41) is 0. The highest BCUT2D eigenvalue weighted by Gasteiger charge is 2.22. The second-order valence-corrected chi connectivity index (χ2v) is 6.67. The molecule has 1 aliphatic rings. The number of rotatable bonds is 3. The minimum Gasteiger partial charge on any atom is -0.454 e. The highest BCUT2D eigenvalue weighted by atomic mass is 16.5. The average Bonchev–Trinajstić information content (AvgIpc) is 3.41. The van der Waals surface area contributed by atoms with Crippen molar-refractivity contribution in [2.75, 3.05) is 26.3 Å². The number of hydrogen-bond donors (Lipinski definition) is 0. The number of morpholine rings is 1. The lowest BCUT2D eigenvalue weighted by atomic mass is 10.3. The number of fused-ring (bicyclic) bond motifs is 3. The summed E-state index contributed by atoms with van der Waals surface area (Å²) in [6.07, 6.45) is 3.50. The van der Waals surface area contributed by atoms with Gasteiger partial charge >= 0.3 is 0 Å². The molecule has 0 N–H and O–H groups in total. The van der Waals surface area contributed by atoms with Crippen LogP contribution in [-0.4, -0.2) is 51.1 Å². The molecule has 0 aliphatic carbocycles. The van der Waals surface area contributed by atoms with Crippen molar-refractivity contribution < 1.29 is 13.9 Å². The quantitative estimate of drug-likeness (QED) is 0.543. The van der Waals surface area contributed by atoms with Crippen LogP contribution in [0, 0.1) is 0 Å². The van der Waals surface area contributed by atoms with Crippen LogP contribution in [0.1, 0.15) is 16.3 Å². The molecular formula is C20H18N4O4. The normalized spacial score (nSPS) is 14.8. The third-order valence-corrected chi connectivity index (χ3v) is 4.98. The Hall–Kier alpha value is -3.39. The van der Waals surface area contributed by atoms with E-state index in [9.17, 15) is 9.59 Å². The molecule has 5 heterocycles. The molecule has 0 saturated carbocycles. The van der Waals surface area contributed by atoms with Crippen molar-refractivity contribution in [1.29, 1.82) is 0 Å². The van der Waals surface area contributed by atoms with Crippen molar-refractivity contribution >= 4 is 22.6 Å². The molecule has 0 radical (unpaired) electrons. The van der Waals surface area contributed by atoms with Crippen molar-refractivity contribution in [3.05, 3.63) is 70.7 Å². The topological polar surface area (TPSA) is 82.0 Å². The van der Waals surface area contributed by atoms with Gasteiger partial charge in [-0.25, -0.2) is 4.98 Å². The average molecular weight is 378 g/mol. The minimum absolute atomic E-state index is 0.159. The Kier molecular flexibility index (Phi) is 3.98. The number of ether oxygens (including phenoxy) is 1. The van der Waals surface area contributed by atoms with Gasteiger partial charge in [-0.1, -0.05) is 0 Å². The van der Waals surface area contributed by atoms with Crippen molar-refractivity contribution in [2.24, 2.45) is 0 Å². The first kappa shape index (κ1) is 16.8. The maximum Gasteiger partial charge on any atom is 0.289 e. The Morgan fingerprint density at radius 3 is 2.75 bits per heavy atom. The molecule has 0 aromatic carbocycles. The van der Waals surface area contributed by atoms with Gasteiger partial charge in [-0.2, -0.15) is 0 Å². The number of furan rings is 1. The number of carbonyl (C=O) groups is 1. The molecule has 0 atom stereocenters. The monoisotopic (exact) mass is 378 g/mol. The van der Waals surface area contributed by atoms with Gasteiger partial charge in [0.15, 0.2) is 11.4 Å². The summed E-state index contributed by atoms with van der Waals surface area (Å²) in [5.74, 6) is 0.638. The molecule has 0 spiro atoms. The van der Waals surface area contributed by atoms with Gasteiger partial charge in [0.25, 0.3) is 11.5 Å². The van der Waals surface area contributed by atoms with Gasteiger partial charge in [0.1, 0.15) is 11.3 Å². The molecule has 4 aromatic rings. The lowest BCUT2D eigenvalue weighted by Gasteiger charge is -2.25. The van der Waals surface area contributed by atoms with Crippen LogP contribution in [0.25, 0.3) is 16.7 Å². The largest absolute Gasteiger partial charge is 0.454 e. The van der Waals surface area contributed by atoms with E-state index in [1.54, 1.807) is 33.9 Å². The molecule has 8 heteroatoms. The molecule has 28 heavy (non-hydrogen) atoms. The molecule has 1 fully saturated rings. The molecule has 0 bridgehead atoms. The van der Waals surface area contributed by atoms with Crippen molar-refractivity contribution in [1.82, 2.24) is 18.9 Å². The van der Waals surface area contributed by atoms with Crippen LogP contribution in [0.15, 0.2) is 58.0 Å². The first-order valence-corrected chi connectivity index (χ1v) is 9.13. The SMILES string of the molecule is O=C(c1ccc(Cn2c(=O)c3cccn3c3cccnc32)o1)N1CCOCC1. The van der Waals surface area contributed by atoms with E-state index in [2.05, 4.69) is 4.98 Å². The molecule has 142 valence electrons. The predicted octanol–water partition coefficient (Wildman–Crippen LogP) is 1.76. The van der Waals surface area contributed by atoms with Crippen molar-refractivity contribution in [2.45, 2.75) is 6.54 Å². The number of amides is 1. The van der Waals surface area contributed by atoms with Crippen LogP contribution in [0.3, 0.4) is 0 Å². The van der Waals surface area contributed by atoms with Gasteiger partial charge < -0.3 is 18.5 Å². The molecule has 5 rings (SSSR count). The maximum atomic E-state index is 13.0. The van der Waals surface area contributed by atoms with Gasteiger partial charge in [-0.3, -0.25) is 14.2 Å². The first-order valence-electron chi connectivity index (χ1n) is 9.13. The van der Waals surface area contributed by atoms with Crippen LogP contribution in [0.2, 0.25) is 0 Å². The maximum absolute atomic E-state index is 13.0. The first-order chi connectivity index (χ1) is 13.7. The predicted molar refractivity (Wildman–Crippen MR) is 101 cm³/mol. The summed E-state index contributed by atoms with van der Waals surface area (Å²) in [4.78, 5) is 31.6. The summed E-state index contributed by atoms with van der Waals surface area (Å²) >= 11 is 0. The van der Waals surface area contributed by atoms with Crippen molar-refractivity contribution in [3.63, 3.8) is 0 Å². The van der Waals surface area contributed by atoms with E-state index in [0.29, 0.717) is 43.2 Å². The van der Waals surface area contributed by atoms with E-state index >= 15 is 0 Å². The second kappa shape index (κ2) is 6.65. The molecular weight excluding hydrogens is 360 g/mol. The summed E-state index contributed by atoms with van der Waals surface area (Å²) < 4.78 is 14.5. The van der Waals surface area contributed by atoms with Crippen LogP contribution < -0.4 is 5.56 Å². The summed E-state index contributed by atoms with van der Waals surface area (Å²) in [6, 6.07) is 10.8. The summed E-state index contributed by atoms with van der Waals surface area (Å²) in [5.41, 5.74) is 1.80. The third-order valence-electron chi connectivity index (χ3n) is 4.98. The zero-order chi connectivity index (χ0) is 19.1. The highest BCUT2D eigenvalue weighted by molar-refractivity contribution is 5.91. The number of aromatic nitrogens is 3. The Morgan fingerprint density at radius 1 is 1.07 bits per heavy atom. The Balaban J connectivity index is 1.52. The standard InChI is InChI=1S/C20H18N4O4/c25-19-16-4-2-8-23(16)15-3-1-7-21-18(15)24(19)13-14-5-6-17(28-14)20(26)22-9-11-27-12-10-22/h1-8H,9-13H2. The zero-order valence-corrected chi connectivity index (χ0v) is 15.1. The van der Waals surface area contributed by atoms with Gasteiger partial charge in [0, 0.05) is 25.5 Å². The molecule has 4 aromatic heterocycles. The van der Waals surface area contributed by atoms with Crippen molar-refractivity contribution in [3.8, 4) is 0 Å². The minimum atomic E-state index is -0.160. The fourth-order valence-electron chi connectivity index (χ4n) is 3.59. The smallest absolute Gasteiger partial charge is 0.289 e. The number of carbonyl (C=O) groups excluding carboxylic acids is 1. The molecule has 1 aliphatic heterocycles. The molecule has 8 nitrogen and oxygen atoms in total. The fraction of sp³-hybridized carbons (Fsp3) is 0.250. The second-order valence-electron chi connectivity index (χ2n) is 6.67. The van der Waals surface area contributed by atoms with E-state index in [1.165, 1.54) is 0 Å². The van der Waals surface area contributed by atoms with Gasteiger partial charge in [-0.15, -0.1) is 0 Å². The highest BCUT2D eigenvalue weighted by Crippen LogP contribution is 2.17. The van der Waals surface area contributed by atoms with E-state index in [-0.39, 0.29) is 23.8 Å². The fourth-order valence-corrected chi connectivity index (χ4v) is 3.59. The number of pyridine rings is 1. The summed E-state index contributed by atoms with van der Waals surface area (Å²) in [6.45, 7) is 2.36. The molecule has 1 saturated heterocycles. The van der Waals surface area contributed by atoms with E-state index in [4.69, 9.17) is 9.15 Å². The zero-order valence-electron chi connectivity index (χ0n) is 15.1. The molecule has 0 unspecified atom stereocenters. The van der Waals surface area contributed by atoms with E-state index < -0.39 is 0 Å². The third kappa shape index (κ3) is 2.69. The number of hydrogen-bond acceptors (Lipinski definition) is 5. The molecule has 1 amide bonds. The van der Waals surface area contributed by atoms with E-state index in [1.807, 2.05) is 28.8 Å². The van der Waals surface area contributed by atoms with Crippen LogP contribution in [-0.2, 0) is 11.3 Å². The van der Waals surface area contributed by atoms with Gasteiger partial charge in [0.05, 0.1) is 25.3 Å². The van der Waals surface area contributed by atoms with Crippen LogP contribution >= 0.6 is 0 Å². The summed E-state index contributed by atoms with van der Waals surface area (Å²) in [7, 11) is 0. The van der Waals surface area contributed by atoms with Gasteiger partial charge in [0.2, 0.25) is 0 Å². The van der Waals surface area contributed by atoms with Crippen LogP contribution in [0.5, 0.6) is 0 Å². The lowest BCUT2D eigenvalue weighted by molar-refractivity contribution is 0.0281. The number of nitrogens with zero attached hydrogens (tertiary/aromatic N) is 4. The lowest BCUT2D eigenvalue weighted by Crippen LogP contribution is -2.40. The van der Waals surface area contributed by atoms with Crippen LogP contribution in [0.4, 0.5) is 0 Å². The Morgan fingerprint density at radius 2 is 1.89 bits per heavy atom. The van der Waals surface area contributed by atoms with Gasteiger partial charge in [-0.05, 0) is 36.4 Å². The van der Waals surface area contributed by atoms with E-state index in [0.717, 1.165) is 5.52 Å².